The summed E-state index contributed by atoms with van der Waals surface area (Å²) in [5.41, 5.74) is 0.749. The van der Waals surface area contributed by atoms with Crippen molar-refractivity contribution in [1.82, 2.24) is 9.38 Å². The van der Waals surface area contributed by atoms with Crippen LogP contribution in [0.25, 0.3) is 11.7 Å². The number of nitriles is 1. The van der Waals surface area contributed by atoms with Crippen LogP contribution in [0.2, 0.25) is 0 Å². The molecule has 0 aliphatic heterocycles. The van der Waals surface area contributed by atoms with Gasteiger partial charge in [-0.1, -0.05) is 23.8 Å². The van der Waals surface area contributed by atoms with E-state index in [2.05, 4.69) is 10.3 Å². The number of hydrogen-bond donors (Lipinski definition) is 1. The molecule has 2 aromatic heterocycles. The molecule has 1 amide bonds. The lowest BCUT2D eigenvalue weighted by Gasteiger charge is -2.10. The molecule has 4 aromatic rings. The topological polar surface area (TPSA) is 96.5 Å². The van der Waals surface area contributed by atoms with E-state index in [1.54, 1.807) is 36.4 Å². The number of ether oxygens (including phenoxy) is 1. The van der Waals surface area contributed by atoms with E-state index in [-0.39, 0.29) is 17.0 Å². The lowest BCUT2D eigenvalue weighted by Crippen LogP contribution is -2.20. The van der Waals surface area contributed by atoms with Crippen LogP contribution in [0.4, 0.5) is 10.1 Å². The first-order valence-corrected chi connectivity index (χ1v) is 9.89. The van der Waals surface area contributed by atoms with Crippen LogP contribution in [0.5, 0.6) is 11.6 Å². The summed E-state index contributed by atoms with van der Waals surface area (Å²) in [7, 11) is 0. The summed E-state index contributed by atoms with van der Waals surface area (Å²) in [6, 6.07) is 19.0. The summed E-state index contributed by atoms with van der Waals surface area (Å²) >= 11 is 0. The molecule has 7 nitrogen and oxygen atoms in total. The number of halogens is 1. The molecule has 0 radical (unpaired) electrons. The Balaban J connectivity index is 1.78. The number of fused-ring (bicyclic) bond motifs is 1. The lowest BCUT2D eigenvalue weighted by molar-refractivity contribution is -0.112. The second-order valence-electron chi connectivity index (χ2n) is 7.11. The highest BCUT2D eigenvalue weighted by molar-refractivity contribution is 6.09. The Labute approximate surface area is 188 Å². The van der Waals surface area contributed by atoms with E-state index in [9.17, 15) is 19.2 Å². The number of anilines is 1. The second kappa shape index (κ2) is 9.16. The summed E-state index contributed by atoms with van der Waals surface area (Å²) in [4.78, 5) is 30.2. The monoisotopic (exact) mass is 440 g/mol. The number of hydrogen-bond acceptors (Lipinski definition) is 5. The van der Waals surface area contributed by atoms with Crippen molar-refractivity contribution in [2.45, 2.75) is 6.92 Å². The Bertz CT molecular complexity index is 1470. The maximum Gasteiger partial charge on any atom is 0.269 e. The Morgan fingerprint density at radius 3 is 2.55 bits per heavy atom. The molecule has 0 fully saturated rings. The number of aromatic nitrogens is 2. The number of rotatable bonds is 5. The molecule has 2 heterocycles. The minimum Gasteiger partial charge on any atom is -0.438 e. The summed E-state index contributed by atoms with van der Waals surface area (Å²) in [6.45, 7) is 1.93. The molecule has 0 saturated heterocycles. The third-order valence-corrected chi connectivity index (χ3v) is 4.73. The van der Waals surface area contributed by atoms with Crippen molar-refractivity contribution in [1.29, 1.82) is 5.26 Å². The zero-order valence-electron chi connectivity index (χ0n) is 17.4. The molecular weight excluding hydrogens is 423 g/mol. The number of benzene rings is 2. The first kappa shape index (κ1) is 21.5. The molecule has 1 N–H and O–H groups in total. The van der Waals surface area contributed by atoms with Crippen LogP contribution in [-0.2, 0) is 4.79 Å². The second-order valence-corrected chi connectivity index (χ2v) is 7.11. The average molecular weight is 440 g/mol. The number of carbonyl (C=O) groups excluding carboxylic acids is 1. The number of carbonyl (C=O) groups is 1. The number of nitrogens with one attached hydrogen (secondary N) is 1. The molecule has 0 aliphatic carbocycles. The number of nitrogens with zero attached hydrogens (tertiary/aromatic N) is 3. The zero-order valence-corrected chi connectivity index (χ0v) is 17.4. The molecule has 0 unspecified atom stereocenters. The van der Waals surface area contributed by atoms with Crippen LogP contribution in [0, 0.1) is 24.1 Å². The molecule has 0 spiro atoms. The van der Waals surface area contributed by atoms with Gasteiger partial charge in [-0.15, -0.1) is 0 Å². The third-order valence-electron chi connectivity index (χ3n) is 4.73. The van der Waals surface area contributed by atoms with E-state index >= 15 is 0 Å². The van der Waals surface area contributed by atoms with Crippen molar-refractivity contribution in [3.63, 3.8) is 0 Å². The summed E-state index contributed by atoms with van der Waals surface area (Å²) in [6.07, 6.45) is 2.67. The van der Waals surface area contributed by atoms with Gasteiger partial charge in [-0.25, -0.2) is 4.39 Å². The van der Waals surface area contributed by atoms with Gasteiger partial charge < -0.3 is 10.1 Å². The fourth-order valence-electron chi connectivity index (χ4n) is 3.03. The van der Waals surface area contributed by atoms with Gasteiger partial charge in [0.15, 0.2) is 0 Å². The summed E-state index contributed by atoms with van der Waals surface area (Å²) in [5.74, 6) is -0.825. The Morgan fingerprint density at radius 2 is 1.85 bits per heavy atom. The van der Waals surface area contributed by atoms with Crippen molar-refractivity contribution in [2.24, 2.45) is 0 Å². The highest BCUT2D eigenvalue weighted by Crippen LogP contribution is 2.24. The van der Waals surface area contributed by atoms with Crippen LogP contribution in [0.3, 0.4) is 0 Å². The van der Waals surface area contributed by atoms with Gasteiger partial charge in [0.2, 0.25) is 5.88 Å². The van der Waals surface area contributed by atoms with Crippen molar-refractivity contribution >= 4 is 23.3 Å². The van der Waals surface area contributed by atoms with E-state index in [1.165, 1.54) is 34.9 Å². The van der Waals surface area contributed by atoms with Gasteiger partial charge in [0, 0.05) is 11.9 Å². The van der Waals surface area contributed by atoms with E-state index < -0.39 is 17.3 Å². The van der Waals surface area contributed by atoms with E-state index in [1.807, 2.05) is 19.1 Å². The van der Waals surface area contributed by atoms with E-state index in [4.69, 9.17) is 4.74 Å². The van der Waals surface area contributed by atoms with Crippen molar-refractivity contribution in [3.8, 4) is 17.7 Å². The largest absolute Gasteiger partial charge is 0.438 e. The van der Waals surface area contributed by atoms with Crippen LogP contribution in [-0.4, -0.2) is 15.3 Å². The molecule has 0 aliphatic rings. The first-order valence-electron chi connectivity index (χ1n) is 9.89. The number of aryl methyl sites for hydroxylation is 1. The smallest absolute Gasteiger partial charge is 0.269 e. The maximum absolute atomic E-state index is 13.2. The number of amides is 1. The van der Waals surface area contributed by atoms with Gasteiger partial charge >= 0.3 is 0 Å². The molecule has 162 valence electrons. The predicted octanol–water partition coefficient (Wildman–Crippen LogP) is 4.48. The van der Waals surface area contributed by atoms with Crippen LogP contribution in [0.15, 0.2) is 83.3 Å². The molecular formula is C25H17FN4O3. The van der Waals surface area contributed by atoms with Gasteiger partial charge in [-0.05, 0) is 61.5 Å². The van der Waals surface area contributed by atoms with Gasteiger partial charge in [-0.3, -0.25) is 14.0 Å². The van der Waals surface area contributed by atoms with Crippen molar-refractivity contribution in [3.05, 3.63) is 106 Å². The highest BCUT2D eigenvalue weighted by atomic mass is 19.1. The van der Waals surface area contributed by atoms with E-state index in [0.29, 0.717) is 17.1 Å². The molecule has 4 rings (SSSR count). The summed E-state index contributed by atoms with van der Waals surface area (Å²) < 4.78 is 20.3. The van der Waals surface area contributed by atoms with Crippen LogP contribution >= 0.6 is 0 Å². The van der Waals surface area contributed by atoms with E-state index in [0.717, 1.165) is 11.6 Å². The summed E-state index contributed by atoms with van der Waals surface area (Å²) in [5, 5.41) is 12.1. The molecule has 8 heteroatoms. The molecule has 33 heavy (non-hydrogen) atoms. The minimum absolute atomic E-state index is 0.0441. The van der Waals surface area contributed by atoms with Crippen molar-refractivity contribution < 1.29 is 13.9 Å². The SMILES string of the molecule is Cc1ccc(Oc2nc3ccccn3c(=O)c2/C=C(/C#N)C(=O)Nc2ccc(F)cc2)cc1. The normalized spacial score (nSPS) is 11.1. The van der Waals surface area contributed by atoms with Gasteiger partial charge in [0.25, 0.3) is 11.5 Å². The fourth-order valence-corrected chi connectivity index (χ4v) is 3.03. The highest BCUT2D eigenvalue weighted by Gasteiger charge is 2.17. The Morgan fingerprint density at radius 1 is 1.12 bits per heavy atom. The van der Waals surface area contributed by atoms with Gasteiger partial charge in [0.1, 0.15) is 34.4 Å². The molecule has 0 bridgehead atoms. The molecule has 0 saturated carbocycles. The minimum atomic E-state index is -0.761. The Hall–Kier alpha value is -4.77. The number of pyridine rings is 1. The van der Waals surface area contributed by atoms with Crippen molar-refractivity contribution in [2.75, 3.05) is 5.32 Å². The van der Waals surface area contributed by atoms with Gasteiger partial charge in [-0.2, -0.15) is 10.2 Å². The standard InChI is InChI=1S/C25H17FN4O3/c1-16-5-11-20(12-6-16)33-24-21(25(32)30-13-3-2-4-22(30)29-24)14-17(15-27)23(31)28-19-9-7-18(26)8-10-19/h2-14H,1H3,(H,28,31)/b17-14-. The molecule has 2 aromatic carbocycles. The quantitative estimate of drug-likeness (QED) is 0.365. The predicted molar refractivity (Wildman–Crippen MR) is 121 cm³/mol. The third kappa shape index (κ3) is 4.78. The van der Waals surface area contributed by atoms with Gasteiger partial charge in [0.05, 0.1) is 0 Å². The zero-order chi connectivity index (χ0) is 23.4. The Kier molecular flexibility index (Phi) is 5.96. The van der Waals surface area contributed by atoms with Crippen LogP contribution < -0.4 is 15.6 Å². The lowest BCUT2D eigenvalue weighted by atomic mass is 10.1. The molecule has 0 atom stereocenters. The fraction of sp³-hybridized carbons (Fsp3) is 0.0400. The van der Waals surface area contributed by atoms with Crippen LogP contribution in [0.1, 0.15) is 11.1 Å². The average Bonchev–Trinajstić information content (AvgIpc) is 2.82. The first-order chi connectivity index (χ1) is 15.9. The maximum atomic E-state index is 13.2.